The molecule has 25 heavy (non-hydrogen) atoms. The van der Waals surface area contributed by atoms with Crippen molar-refractivity contribution in [2.24, 2.45) is 0 Å². The fourth-order valence-corrected chi connectivity index (χ4v) is 4.60. The molecule has 2 aliphatic rings. The molecular formula is C21H26N2O2. The summed E-state index contributed by atoms with van der Waals surface area (Å²) >= 11 is 0. The first-order valence-corrected chi connectivity index (χ1v) is 8.87. The molecule has 2 heterocycles. The van der Waals surface area contributed by atoms with Gasteiger partial charge in [-0.3, -0.25) is 0 Å². The van der Waals surface area contributed by atoms with Gasteiger partial charge in [-0.1, -0.05) is 0 Å². The second kappa shape index (κ2) is 5.07. The zero-order valence-corrected chi connectivity index (χ0v) is 15.9. The van der Waals surface area contributed by atoms with Gasteiger partial charge in [0.25, 0.3) is 0 Å². The van der Waals surface area contributed by atoms with Crippen molar-refractivity contribution in [3.63, 3.8) is 0 Å². The van der Waals surface area contributed by atoms with E-state index in [0.29, 0.717) is 11.5 Å². The number of fused-ring (bicyclic) bond motifs is 6. The molecule has 0 fully saturated rings. The number of phenolic OH excluding ortho intramolecular Hbond substituents is 2. The fraction of sp³-hybridized carbons (Fsp3) is 0.429. The van der Waals surface area contributed by atoms with Gasteiger partial charge in [0.05, 0.1) is 6.67 Å². The zero-order valence-electron chi connectivity index (χ0n) is 15.9. The lowest BCUT2D eigenvalue weighted by Crippen LogP contribution is -2.47. The number of nitrogens with zero attached hydrogens (tertiary/aromatic N) is 2. The van der Waals surface area contributed by atoms with Gasteiger partial charge in [0.2, 0.25) is 0 Å². The Morgan fingerprint density at radius 3 is 1.28 bits per heavy atom. The van der Waals surface area contributed by atoms with Gasteiger partial charge in [-0.05, 0) is 74.9 Å². The Morgan fingerprint density at radius 1 is 0.560 bits per heavy atom. The Morgan fingerprint density at radius 2 is 0.920 bits per heavy atom. The molecule has 0 aromatic heterocycles. The molecule has 2 aromatic rings. The van der Waals surface area contributed by atoms with Crippen LogP contribution in [0, 0.1) is 41.5 Å². The predicted molar refractivity (Wildman–Crippen MR) is 102 cm³/mol. The summed E-state index contributed by atoms with van der Waals surface area (Å²) in [5.74, 6) is 0.849. The molecule has 0 radical (unpaired) electrons. The van der Waals surface area contributed by atoms with Crippen molar-refractivity contribution in [3.8, 4) is 11.5 Å². The van der Waals surface area contributed by atoms with Crippen LogP contribution in [0.5, 0.6) is 11.5 Å². The summed E-state index contributed by atoms with van der Waals surface area (Å²) in [6, 6.07) is 0. The summed E-state index contributed by atoms with van der Waals surface area (Å²) in [5.41, 5.74) is 11.2. The molecule has 4 nitrogen and oxygen atoms in total. The van der Waals surface area contributed by atoms with E-state index in [9.17, 15) is 10.2 Å². The van der Waals surface area contributed by atoms with Gasteiger partial charge in [0.15, 0.2) is 0 Å². The molecule has 2 aliphatic heterocycles. The predicted octanol–water partition coefficient (Wildman–Crippen LogP) is 4.25. The molecule has 0 spiro atoms. The van der Waals surface area contributed by atoms with Gasteiger partial charge in [0.1, 0.15) is 11.5 Å². The van der Waals surface area contributed by atoms with Gasteiger partial charge >= 0.3 is 0 Å². The highest BCUT2D eigenvalue weighted by molar-refractivity contribution is 5.78. The van der Waals surface area contributed by atoms with E-state index in [1.54, 1.807) is 0 Å². The second-order valence-corrected chi connectivity index (χ2v) is 7.64. The van der Waals surface area contributed by atoms with Crippen LogP contribution in [0.3, 0.4) is 0 Å². The van der Waals surface area contributed by atoms with Crippen LogP contribution < -0.4 is 9.80 Å². The number of phenols is 2. The number of aromatic hydroxyl groups is 2. The van der Waals surface area contributed by atoms with Crippen LogP contribution >= 0.6 is 0 Å². The molecule has 4 heteroatoms. The van der Waals surface area contributed by atoms with Crippen molar-refractivity contribution in [2.45, 2.75) is 54.6 Å². The standard InChI is InChI=1S/C21H26N2O2/c1-10-12(3)20(24)14(5)16-7-23-9-22(18(10)16)8-17-15(6)21(25)13(4)11(2)19(17)23/h24-25H,7-9H2,1-6H3. The third kappa shape index (κ3) is 1.94. The Kier molecular flexibility index (Phi) is 3.27. The number of rotatable bonds is 0. The minimum absolute atomic E-state index is 0.425. The molecular weight excluding hydrogens is 312 g/mol. The third-order valence-electron chi connectivity index (χ3n) is 6.41. The van der Waals surface area contributed by atoms with Crippen LogP contribution in [-0.2, 0) is 13.1 Å². The first kappa shape index (κ1) is 16.1. The van der Waals surface area contributed by atoms with E-state index >= 15 is 0 Å². The Bertz CT molecular complexity index is 855. The largest absolute Gasteiger partial charge is 0.507 e. The van der Waals surface area contributed by atoms with Crippen molar-refractivity contribution in [1.29, 1.82) is 0 Å². The maximum atomic E-state index is 10.5. The molecule has 0 saturated heterocycles. The van der Waals surface area contributed by atoms with Gasteiger partial charge in [-0.25, -0.2) is 0 Å². The number of hydrogen-bond acceptors (Lipinski definition) is 4. The first-order valence-electron chi connectivity index (χ1n) is 8.87. The fourth-order valence-electron chi connectivity index (χ4n) is 4.60. The quantitative estimate of drug-likeness (QED) is 0.754. The van der Waals surface area contributed by atoms with Crippen LogP contribution in [0.2, 0.25) is 0 Å². The van der Waals surface area contributed by atoms with Gasteiger partial charge in [-0.2, -0.15) is 0 Å². The smallest absolute Gasteiger partial charge is 0.122 e. The lowest BCUT2D eigenvalue weighted by Gasteiger charge is -2.47. The van der Waals surface area contributed by atoms with E-state index in [1.807, 2.05) is 27.7 Å². The van der Waals surface area contributed by atoms with E-state index in [0.717, 1.165) is 53.1 Å². The van der Waals surface area contributed by atoms with E-state index < -0.39 is 0 Å². The minimum atomic E-state index is 0.425. The zero-order chi connectivity index (χ0) is 18.2. The Hall–Kier alpha value is -2.36. The van der Waals surface area contributed by atoms with Crippen molar-refractivity contribution < 1.29 is 10.2 Å². The van der Waals surface area contributed by atoms with E-state index in [2.05, 4.69) is 23.6 Å². The highest BCUT2D eigenvalue weighted by atomic mass is 16.3. The summed E-state index contributed by atoms with van der Waals surface area (Å²) in [5, 5.41) is 21.0. The third-order valence-corrected chi connectivity index (χ3v) is 6.41. The number of anilines is 2. The molecule has 0 aliphatic carbocycles. The summed E-state index contributed by atoms with van der Waals surface area (Å²) in [4.78, 5) is 4.77. The maximum Gasteiger partial charge on any atom is 0.122 e. The summed E-state index contributed by atoms with van der Waals surface area (Å²) in [6.45, 7) is 14.7. The molecule has 132 valence electrons. The number of hydrogen-bond donors (Lipinski definition) is 2. The highest BCUT2D eigenvalue weighted by Gasteiger charge is 2.35. The molecule has 2 bridgehead atoms. The van der Waals surface area contributed by atoms with E-state index in [4.69, 9.17) is 0 Å². The topological polar surface area (TPSA) is 46.9 Å². The van der Waals surface area contributed by atoms with Crippen LogP contribution in [0.4, 0.5) is 11.4 Å². The Balaban J connectivity index is 1.98. The van der Waals surface area contributed by atoms with Crippen molar-refractivity contribution in [1.82, 2.24) is 0 Å². The summed E-state index contributed by atoms with van der Waals surface area (Å²) < 4.78 is 0. The molecule has 0 unspecified atom stereocenters. The molecule has 0 atom stereocenters. The molecule has 4 rings (SSSR count). The van der Waals surface area contributed by atoms with Crippen LogP contribution in [-0.4, -0.2) is 16.9 Å². The van der Waals surface area contributed by atoms with Crippen molar-refractivity contribution >= 4 is 11.4 Å². The first-order chi connectivity index (χ1) is 11.7. The summed E-state index contributed by atoms with van der Waals surface area (Å²) in [7, 11) is 0. The molecule has 2 aromatic carbocycles. The minimum Gasteiger partial charge on any atom is -0.507 e. The highest BCUT2D eigenvalue weighted by Crippen LogP contribution is 2.48. The second-order valence-electron chi connectivity index (χ2n) is 7.64. The number of benzene rings is 2. The lowest BCUT2D eigenvalue weighted by atomic mass is 9.88. The van der Waals surface area contributed by atoms with E-state index in [-0.39, 0.29) is 0 Å². The normalized spacial score (nSPS) is 15.3. The van der Waals surface area contributed by atoms with E-state index in [1.165, 1.54) is 22.5 Å². The lowest BCUT2D eigenvalue weighted by molar-refractivity contribution is 0.462. The van der Waals surface area contributed by atoms with Crippen molar-refractivity contribution in [3.05, 3.63) is 44.5 Å². The average Bonchev–Trinajstić information content (AvgIpc) is 2.60. The molecule has 0 amide bonds. The SMILES string of the molecule is Cc1c(C)c2c(c(C)c1O)CN1CN2Cc2c(C)c(O)c(C)c(C)c21. The van der Waals surface area contributed by atoms with Gasteiger partial charge < -0.3 is 20.0 Å². The van der Waals surface area contributed by atoms with Crippen LogP contribution in [0.15, 0.2) is 0 Å². The average molecular weight is 338 g/mol. The van der Waals surface area contributed by atoms with Crippen LogP contribution in [0.1, 0.15) is 44.5 Å². The summed E-state index contributed by atoms with van der Waals surface area (Å²) in [6.07, 6.45) is 0. The monoisotopic (exact) mass is 338 g/mol. The van der Waals surface area contributed by atoms with Gasteiger partial charge in [-0.15, -0.1) is 0 Å². The Labute approximate surface area is 149 Å². The van der Waals surface area contributed by atoms with Gasteiger partial charge in [0, 0.05) is 35.6 Å². The maximum absolute atomic E-state index is 10.5. The molecule has 2 N–H and O–H groups in total. The van der Waals surface area contributed by atoms with Crippen molar-refractivity contribution in [2.75, 3.05) is 16.5 Å². The van der Waals surface area contributed by atoms with Crippen LogP contribution in [0.25, 0.3) is 0 Å². The molecule has 0 saturated carbocycles.